The number of aryl methyl sites for hydroxylation is 1. The summed E-state index contributed by atoms with van der Waals surface area (Å²) >= 11 is 3.30. The molecule has 0 atom stereocenters. The number of aromatic nitrogens is 1. The molecule has 0 unspecified atom stereocenters. The van der Waals surface area contributed by atoms with E-state index in [0.717, 1.165) is 10.2 Å². The first-order chi connectivity index (χ1) is 10.0. The van der Waals surface area contributed by atoms with Crippen molar-refractivity contribution in [1.82, 2.24) is 4.98 Å². The summed E-state index contributed by atoms with van der Waals surface area (Å²) in [6.07, 6.45) is 4.09. The summed E-state index contributed by atoms with van der Waals surface area (Å²) in [4.78, 5) is 27.7. The number of allylic oxidation sites excluding steroid dienone is 1. The molecule has 0 saturated carbocycles. The Balaban J connectivity index is 1.98. The third kappa shape index (κ3) is 4.65. The first-order valence-corrected chi connectivity index (χ1v) is 7.05. The van der Waals surface area contributed by atoms with Crippen LogP contribution in [0.4, 0.5) is 5.69 Å². The maximum atomic E-state index is 11.9. The number of nitrogens with zero attached hydrogens (tertiary/aromatic N) is 1. The molecule has 1 aromatic carbocycles. The van der Waals surface area contributed by atoms with Gasteiger partial charge in [-0.1, -0.05) is 15.9 Å². The fraction of sp³-hybridized carbons (Fsp3) is 0.0625. The Morgan fingerprint density at radius 1 is 1.14 bits per heavy atom. The maximum Gasteiger partial charge on any atom is 0.248 e. The van der Waals surface area contributed by atoms with Crippen LogP contribution in [0.15, 0.2) is 59.2 Å². The topological polar surface area (TPSA) is 59.1 Å². The van der Waals surface area contributed by atoms with Gasteiger partial charge in [0, 0.05) is 33.7 Å². The third-order valence-corrected chi connectivity index (χ3v) is 3.21. The lowest BCUT2D eigenvalue weighted by Crippen LogP contribution is -2.09. The van der Waals surface area contributed by atoms with Crippen LogP contribution in [0.3, 0.4) is 0 Å². The highest BCUT2D eigenvalue weighted by atomic mass is 79.9. The zero-order chi connectivity index (χ0) is 15.2. The van der Waals surface area contributed by atoms with Gasteiger partial charge in [0.05, 0.1) is 0 Å². The van der Waals surface area contributed by atoms with Gasteiger partial charge in [-0.25, -0.2) is 0 Å². The second-order valence-corrected chi connectivity index (χ2v) is 5.30. The number of nitrogens with one attached hydrogen (secondary N) is 1. The van der Waals surface area contributed by atoms with Crippen LogP contribution in [0.5, 0.6) is 0 Å². The molecular weight excluding hydrogens is 332 g/mol. The molecule has 0 aliphatic heterocycles. The Kier molecular flexibility index (Phi) is 5.00. The van der Waals surface area contributed by atoms with Crippen LogP contribution in [0, 0.1) is 6.92 Å². The molecule has 0 fully saturated rings. The Hall–Kier alpha value is -2.27. The Labute approximate surface area is 131 Å². The quantitative estimate of drug-likeness (QED) is 0.681. The van der Waals surface area contributed by atoms with Crippen LogP contribution < -0.4 is 5.32 Å². The van der Waals surface area contributed by atoms with Gasteiger partial charge in [0.1, 0.15) is 0 Å². The molecule has 1 aromatic heterocycles. The number of halogens is 1. The first-order valence-electron chi connectivity index (χ1n) is 6.26. The monoisotopic (exact) mass is 344 g/mol. The molecule has 0 saturated heterocycles. The van der Waals surface area contributed by atoms with Crippen molar-refractivity contribution in [1.29, 1.82) is 0 Å². The molecule has 0 bridgehead atoms. The minimum absolute atomic E-state index is 0.219. The van der Waals surface area contributed by atoms with Crippen molar-refractivity contribution < 1.29 is 9.59 Å². The molecule has 0 radical (unpaired) electrons. The van der Waals surface area contributed by atoms with Gasteiger partial charge in [0.2, 0.25) is 5.91 Å². The SMILES string of the molecule is Cc1cc(NC(=O)/C=C/C(=O)c2ccc(Br)cc2)ccn1. The lowest BCUT2D eigenvalue weighted by molar-refractivity contribution is -0.111. The van der Waals surface area contributed by atoms with Crippen molar-refractivity contribution >= 4 is 33.3 Å². The smallest absolute Gasteiger partial charge is 0.248 e. The standard InChI is InChI=1S/C16H13BrN2O2/c1-11-10-14(8-9-18-11)19-16(21)7-6-15(20)12-2-4-13(17)5-3-12/h2-10H,1H3,(H,18,19,21)/b7-6+. The third-order valence-electron chi connectivity index (χ3n) is 2.68. The Morgan fingerprint density at radius 2 is 1.86 bits per heavy atom. The molecule has 21 heavy (non-hydrogen) atoms. The molecule has 106 valence electrons. The number of hydrogen-bond donors (Lipinski definition) is 1. The zero-order valence-electron chi connectivity index (χ0n) is 11.3. The highest BCUT2D eigenvalue weighted by molar-refractivity contribution is 9.10. The molecule has 0 aliphatic rings. The van der Waals surface area contributed by atoms with Crippen LogP contribution >= 0.6 is 15.9 Å². The van der Waals surface area contributed by atoms with E-state index in [2.05, 4.69) is 26.2 Å². The fourth-order valence-corrected chi connectivity index (χ4v) is 1.93. The fourth-order valence-electron chi connectivity index (χ4n) is 1.67. The summed E-state index contributed by atoms with van der Waals surface area (Å²) in [6.45, 7) is 1.84. The second-order valence-electron chi connectivity index (χ2n) is 4.38. The molecule has 4 nitrogen and oxygen atoms in total. The first kappa shape index (κ1) is 15.1. The number of carbonyl (C=O) groups is 2. The number of carbonyl (C=O) groups excluding carboxylic acids is 2. The van der Waals surface area contributed by atoms with Gasteiger partial charge >= 0.3 is 0 Å². The van der Waals surface area contributed by atoms with Crippen molar-refractivity contribution in [3.05, 3.63) is 70.5 Å². The summed E-state index contributed by atoms with van der Waals surface area (Å²) in [5, 5.41) is 2.67. The number of benzene rings is 1. The van der Waals surface area contributed by atoms with Crippen molar-refractivity contribution in [2.45, 2.75) is 6.92 Å². The summed E-state index contributed by atoms with van der Waals surface area (Å²) in [6, 6.07) is 10.4. The number of ketones is 1. The number of pyridine rings is 1. The minimum atomic E-state index is -0.355. The van der Waals surface area contributed by atoms with Gasteiger partial charge in [-0.2, -0.15) is 0 Å². The van der Waals surface area contributed by atoms with Crippen molar-refractivity contribution in [2.75, 3.05) is 5.32 Å². The molecule has 0 aliphatic carbocycles. The molecule has 1 amide bonds. The molecular formula is C16H13BrN2O2. The van der Waals surface area contributed by atoms with E-state index < -0.39 is 0 Å². The summed E-state index contributed by atoms with van der Waals surface area (Å²) in [5.41, 5.74) is 1.98. The number of rotatable bonds is 4. The number of hydrogen-bond acceptors (Lipinski definition) is 3. The van der Waals surface area contributed by atoms with E-state index in [0.29, 0.717) is 11.3 Å². The summed E-state index contributed by atoms with van der Waals surface area (Å²) in [5.74, 6) is -0.574. The van der Waals surface area contributed by atoms with E-state index in [1.54, 1.807) is 42.6 Å². The van der Waals surface area contributed by atoms with E-state index in [1.807, 2.05) is 6.92 Å². The highest BCUT2D eigenvalue weighted by Crippen LogP contribution is 2.11. The predicted octanol–water partition coefficient (Wildman–Crippen LogP) is 3.53. The zero-order valence-corrected chi connectivity index (χ0v) is 12.9. The van der Waals surface area contributed by atoms with Gasteiger partial charge in [-0.3, -0.25) is 14.6 Å². The van der Waals surface area contributed by atoms with E-state index in [4.69, 9.17) is 0 Å². The average molecular weight is 345 g/mol. The Bertz CT molecular complexity index is 694. The maximum absolute atomic E-state index is 11.9. The predicted molar refractivity (Wildman–Crippen MR) is 85.2 cm³/mol. The van der Waals surface area contributed by atoms with Gasteiger partial charge in [-0.15, -0.1) is 0 Å². The van der Waals surface area contributed by atoms with Crippen LogP contribution in [0.1, 0.15) is 16.1 Å². The van der Waals surface area contributed by atoms with Crippen LogP contribution in [-0.2, 0) is 4.79 Å². The van der Waals surface area contributed by atoms with Gasteiger partial charge < -0.3 is 5.32 Å². The molecule has 1 N–H and O–H groups in total. The number of amides is 1. The van der Waals surface area contributed by atoms with Gasteiger partial charge in [-0.05, 0) is 49.4 Å². The molecule has 1 heterocycles. The molecule has 2 rings (SSSR count). The molecule has 0 spiro atoms. The summed E-state index contributed by atoms with van der Waals surface area (Å²) < 4.78 is 0.897. The normalized spacial score (nSPS) is 10.6. The van der Waals surface area contributed by atoms with Crippen LogP contribution in [0.2, 0.25) is 0 Å². The van der Waals surface area contributed by atoms with Crippen LogP contribution in [-0.4, -0.2) is 16.7 Å². The van der Waals surface area contributed by atoms with E-state index in [1.165, 1.54) is 12.2 Å². The van der Waals surface area contributed by atoms with Crippen molar-refractivity contribution in [3.63, 3.8) is 0 Å². The molecule has 5 heteroatoms. The lowest BCUT2D eigenvalue weighted by atomic mass is 10.1. The molecule has 2 aromatic rings. The summed E-state index contributed by atoms with van der Waals surface area (Å²) in [7, 11) is 0. The Morgan fingerprint density at radius 3 is 2.52 bits per heavy atom. The van der Waals surface area contributed by atoms with E-state index in [9.17, 15) is 9.59 Å². The minimum Gasteiger partial charge on any atom is -0.322 e. The van der Waals surface area contributed by atoms with Crippen molar-refractivity contribution in [2.24, 2.45) is 0 Å². The van der Waals surface area contributed by atoms with Gasteiger partial charge in [0.25, 0.3) is 0 Å². The average Bonchev–Trinajstić information content (AvgIpc) is 2.45. The van der Waals surface area contributed by atoms with E-state index >= 15 is 0 Å². The van der Waals surface area contributed by atoms with Gasteiger partial charge in [0.15, 0.2) is 5.78 Å². The number of anilines is 1. The highest BCUT2D eigenvalue weighted by Gasteiger charge is 2.03. The van der Waals surface area contributed by atoms with E-state index in [-0.39, 0.29) is 11.7 Å². The second kappa shape index (κ2) is 6.95. The van der Waals surface area contributed by atoms with Crippen LogP contribution in [0.25, 0.3) is 0 Å². The van der Waals surface area contributed by atoms with Crippen molar-refractivity contribution in [3.8, 4) is 0 Å². The lowest BCUT2D eigenvalue weighted by Gasteiger charge is -2.02. The largest absolute Gasteiger partial charge is 0.322 e.